The van der Waals surface area contributed by atoms with Gasteiger partial charge in [0, 0.05) is 6.42 Å². The Morgan fingerprint density at radius 2 is 1.46 bits per heavy atom. The van der Waals surface area contributed by atoms with Crippen LogP contribution >= 0.6 is 0 Å². The van der Waals surface area contributed by atoms with E-state index in [4.69, 9.17) is 10.2 Å². The number of carbonyl (C=O) groups is 2. The molecule has 4 heteroatoms. The highest BCUT2D eigenvalue weighted by molar-refractivity contribution is 5.79. The average Bonchev–Trinajstić information content (AvgIpc) is 1.84. The van der Waals surface area contributed by atoms with E-state index in [2.05, 4.69) is 0 Å². The predicted octanol–water partition coefficient (Wildman–Crippen LogP) is 0.303. The Balaban J connectivity index is 0. The number of rotatable bonds is 3. The number of ketones is 2. The zero-order valence-electron chi connectivity index (χ0n) is 8.57. The lowest BCUT2D eigenvalue weighted by Crippen LogP contribution is -2.10. The highest BCUT2D eigenvalue weighted by Crippen LogP contribution is 1.87. The molecule has 0 fully saturated rings. The average molecular weight is 190 g/mol. The van der Waals surface area contributed by atoms with E-state index < -0.39 is 12.2 Å². The van der Waals surface area contributed by atoms with Crippen LogP contribution in [-0.4, -0.2) is 34.0 Å². The first-order valence-corrected chi connectivity index (χ1v) is 4.13. The summed E-state index contributed by atoms with van der Waals surface area (Å²) in [4.78, 5) is 20.0. The summed E-state index contributed by atoms with van der Waals surface area (Å²) in [7, 11) is 0. The second kappa shape index (κ2) is 7.89. The van der Waals surface area contributed by atoms with Gasteiger partial charge in [0.2, 0.25) is 0 Å². The fourth-order valence-corrected chi connectivity index (χ4v) is 0.416. The van der Waals surface area contributed by atoms with Crippen molar-refractivity contribution in [2.75, 3.05) is 0 Å². The Labute approximate surface area is 78.6 Å². The quantitative estimate of drug-likeness (QED) is 0.671. The van der Waals surface area contributed by atoms with E-state index >= 15 is 0 Å². The standard InChI is InChI=1S/C5H10O2.C4H8O2/c1-4(6)3-5(2)7;1-3(5)4(2)6/h4,6H,3H2,1-2H3;3,5H,1-2H3. The molecular formula is C9H18O4. The second-order valence-electron chi connectivity index (χ2n) is 3.04. The maximum Gasteiger partial charge on any atom is 0.157 e. The highest BCUT2D eigenvalue weighted by atomic mass is 16.3. The molecule has 0 aliphatic heterocycles. The van der Waals surface area contributed by atoms with Gasteiger partial charge in [0.25, 0.3) is 0 Å². The molecule has 0 aliphatic carbocycles. The largest absolute Gasteiger partial charge is 0.393 e. The highest BCUT2D eigenvalue weighted by Gasteiger charge is 1.97. The van der Waals surface area contributed by atoms with Gasteiger partial charge < -0.3 is 10.2 Å². The number of aliphatic hydroxyl groups excluding tert-OH is 2. The number of hydrogen-bond acceptors (Lipinski definition) is 4. The molecule has 0 radical (unpaired) electrons. The SMILES string of the molecule is CC(=O)C(C)O.CC(=O)CC(C)O. The van der Waals surface area contributed by atoms with Crippen LogP contribution in [0.15, 0.2) is 0 Å². The van der Waals surface area contributed by atoms with Gasteiger partial charge >= 0.3 is 0 Å². The lowest BCUT2D eigenvalue weighted by Gasteiger charge is -1.95. The van der Waals surface area contributed by atoms with E-state index in [0.717, 1.165) is 0 Å². The zero-order chi connectivity index (χ0) is 11.0. The topological polar surface area (TPSA) is 74.6 Å². The van der Waals surface area contributed by atoms with E-state index in [1.807, 2.05) is 0 Å². The van der Waals surface area contributed by atoms with Crippen LogP contribution in [0, 0.1) is 0 Å². The molecular weight excluding hydrogens is 172 g/mol. The summed E-state index contributed by atoms with van der Waals surface area (Å²) in [5.41, 5.74) is 0. The maximum atomic E-state index is 10.1. The van der Waals surface area contributed by atoms with Crippen molar-refractivity contribution in [3.05, 3.63) is 0 Å². The number of hydrogen-bond donors (Lipinski definition) is 2. The van der Waals surface area contributed by atoms with Crippen molar-refractivity contribution in [2.45, 2.75) is 46.3 Å². The number of carbonyl (C=O) groups excluding carboxylic acids is 2. The molecule has 2 unspecified atom stereocenters. The molecule has 0 saturated carbocycles. The van der Waals surface area contributed by atoms with Crippen molar-refractivity contribution in [3.8, 4) is 0 Å². The van der Waals surface area contributed by atoms with Crippen LogP contribution in [0.25, 0.3) is 0 Å². The van der Waals surface area contributed by atoms with Crippen LogP contribution in [0.5, 0.6) is 0 Å². The van der Waals surface area contributed by atoms with Crippen LogP contribution in [0.1, 0.15) is 34.1 Å². The molecule has 0 heterocycles. The third-order valence-corrected chi connectivity index (χ3v) is 1.17. The molecule has 0 spiro atoms. The molecule has 78 valence electrons. The Kier molecular flexibility index (Phi) is 8.96. The molecule has 0 aromatic heterocycles. The van der Waals surface area contributed by atoms with E-state index in [-0.39, 0.29) is 18.0 Å². The minimum atomic E-state index is -0.787. The first-order chi connectivity index (χ1) is 5.77. The van der Waals surface area contributed by atoms with Crippen LogP contribution < -0.4 is 0 Å². The van der Waals surface area contributed by atoms with Crippen LogP contribution in [0.3, 0.4) is 0 Å². The molecule has 0 aliphatic rings. The van der Waals surface area contributed by atoms with Gasteiger partial charge in [-0.15, -0.1) is 0 Å². The summed E-state index contributed by atoms with van der Waals surface area (Å²) in [6.07, 6.45) is -0.984. The molecule has 0 amide bonds. The summed E-state index contributed by atoms with van der Waals surface area (Å²) >= 11 is 0. The summed E-state index contributed by atoms with van der Waals surface area (Å²) in [6.45, 7) is 5.86. The van der Waals surface area contributed by atoms with Crippen molar-refractivity contribution in [1.82, 2.24) is 0 Å². The second-order valence-corrected chi connectivity index (χ2v) is 3.04. The van der Waals surface area contributed by atoms with E-state index in [1.54, 1.807) is 6.92 Å². The van der Waals surface area contributed by atoms with Crippen molar-refractivity contribution < 1.29 is 19.8 Å². The molecule has 2 atom stereocenters. The summed E-state index contributed by atoms with van der Waals surface area (Å²) in [6, 6.07) is 0. The number of aliphatic hydroxyl groups is 2. The van der Waals surface area contributed by atoms with Gasteiger partial charge in [-0.1, -0.05) is 0 Å². The summed E-state index contributed by atoms with van der Waals surface area (Å²) in [5.74, 6) is -0.148. The van der Waals surface area contributed by atoms with E-state index in [1.165, 1.54) is 20.8 Å². The molecule has 2 N–H and O–H groups in total. The Hall–Kier alpha value is -0.740. The van der Waals surface area contributed by atoms with E-state index in [0.29, 0.717) is 0 Å². The maximum absolute atomic E-state index is 10.1. The smallest absolute Gasteiger partial charge is 0.157 e. The van der Waals surface area contributed by atoms with Crippen LogP contribution in [-0.2, 0) is 9.59 Å². The first kappa shape index (κ1) is 14.8. The minimum absolute atomic E-state index is 0.0370. The molecule has 0 aromatic rings. The Morgan fingerprint density at radius 1 is 1.15 bits per heavy atom. The molecule has 0 saturated heterocycles. The van der Waals surface area contributed by atoms with Gasteiger partial charge in [-0.2, -0.15) is 0 Å². The monoisotopic (exact) mass is 190 g/mol. The Morgan fingerprint density at radius 3 is 1.46 bits per heavy atom. The lowest BCUT2D eigenvalue weighted by molar-refractivity contribution is -0.124. The lowest BCUT2D eigenvalue weighted by atomic mass is 10.2. The molecule has 0 rings (SSSR count). The summed E-state index contributed by atoms with van der Waals surface area (Å²) in [5, 5.41) is 16.8. The van der Waals surface area contributed by atoms with Crippen molar-refractivity contribution in [3.63, 3.8) is 0 Å². The van der Waals surface area contributed by atoms with Gasteiger partial charge in [0.05, 0.1) is 6.10 Å². The summed E-state index contributed by atoms with van der Waals surface area (Å²) < 4.78 is 0. The fourth-order valence-electron chi connectivity index (χ4n) is 0.416. The third kappa shape index (κ3) is 18.3. The molecule has 0 aromatic carbocycles. The van der Waals surface area contributed by atoms with Gasteiger partial charge in [-0.25, -0.2) is 0 Å². The van der Waals surface area contributed by atoms with Crippen molar-refractivity contribution in [2.24, 2.45) is 0 Å². The van der Waals surface area contributed by atoms with Crippen LogP contribution in [0.4, 0.5) is 0 Å². The molecule has 13 heavy (non-hydrogen) atoms. The number of Topliss-reactive ketones (excluding diaryl/α,β-unsaturated/α-hetero) is 2. The minimum Gasteiger partial charge on any atom is -0.393 e. The zero-order valence-corrected chi connectivity index (χ0v) is 8.57. The predicted molar refractivity (Wildman–Crippen MR) is 49.3 cm³/mol. The van der Waals surface area contributed by atoms with Gasteiger partial charge in [-0.3, -0.25) is 9.59 Å². The molecule has 0 bridgehead atoms. The van der Waals surface area contributed by atoms with Gasteiger partial charge in [0.15, 0.2) is 5.78 Å². The molecule has 4 nitrogen and oxygen atoms in total. The van der Waals surface area contributed by atoms with Crippen LogP contribution in [0.2, 0.25) is 0 Å². The normalized spacial score (nSPS) is 13.7. The third-order valence-electron chi connectivity index (χ3n) is 1.17. The van der Waals surface area contributed by atoms with E-state index in [9.17, 15) is 9.59 Å². The Bertz CT molecular complexity index is 161. The first-order valence-electron chi connectivity index (χ1n) is 4.13. The van der Waals surface area contributed by atoms with Gasteiger partial charge in [0.1, 0.15) is 11.9 Å². The van der Waals surface area contributed by atoms with Gasteiger partial charge in [-0.05, 0) is 27.7 Å². The van der Waals surface area contributed by atoms with Crippen molar-refractivity contribution in [1.29, 1.82) is 0 Å². The fraction of sp³-hybridized carbons (Fsp3) is 0.778. The van der Waals surface area contributed by atoms with Crippen molar-refractivity contribution >= 4 is 11.6 Å².